The number of likely N-dealkylation sites (tertiary alicyclic amines) is 1. The first-order valence-corrected chi connectivity index (χ1v) is 37.0. The Morgan fingerprint density at radius 2 is 1.10 bits per heavy atom. The van der Waals surface area contributed by atoms with Crippen LogP contribution >= 0.6 is 11.6 Å². The first-order chi connectivity index (χ1) is 53.5. The van der Waals surface area contributed by atoms with Gasteiger partial charge in [-0.2, -0.15) is 0 Å². The van der Waals surface area contributed by atoms with E-state index in [2.05, 4.69) is 83.4 Å². The van der Waals surface area contributed by atoms with Gasteiger partial charge in [0, 0.05) is 88.4 Å². The highest BCUT2D eigenvalue weighted by atomic mass is 35.5. The average molecular weight is 1570 g/mol. The summed E-state index contributed by atoms with van der Waals surface area (Å²) in [6, 6.07) is 11.0. The number of carbonyl (C=O) groups is 13. The van der Waals surface area contributed by atoms with Gasteiger partial charge < -0.3 is 90.8 Å². The Labute approximate surface area is 651 Å². The van der Waals surface area contributed by atoms with Crippen molar-refractivity contribution in [3.05, 3.63) is 161 Å². The first kappa shape index (κ1) is 87.0. The molecule has 7 rings (SSSR count). The number of aliphatic hydroxyl groups is 1. The molecule has 1 aliphatic rings. The number of hydrogen-bond donors (Lipinski definition) is 16. The second-order valence-electron chi connectivity index (χ2n) is 27.3. The molecule has 0 bridgehead atoms. The van der Waals surface area contributed by atoms with Crippen molar-refractivity contribution in [2.75, 3.05) is 38.5 Å². The minimum atomic E-state index is -1.89. The van der Waals surface area contributed by atoms with Gasteiger partial charge in [0.25, 0.3) is 11.8 Å². The zero-order valence-corrected chi connectivity index (χ0v) is 63.2. The Hall–Kier alpha value is -12.3. The van der Waals surface area contributed by atoms with Gasteiger partial charge in [-0.25, -0.2) is 9.97 Å². The highest BCUT2D eigenvalue weighted by Crippen LogP contribution is 2.22. The fraction of sp³-hybridized carbons (Fsp3) is 0.421. The number of fused-ring (bicyclic) bond motifs is 1. The zero-order chi connectivity index (χ0) is 81.4. The standard InChI is InChI=1S/C76H97ClN20O15/c1-43(2)34-56(68(104)92-55(17-10-30-86-76(79)80)74(110)97-33-11-18-62(97)73(109)88-44(3)75(111)112)93-67(103)54(15-8-28-84-64(100)51-23-26-63(78)87-40-51)90-66(102)53(16-9-29-85-65(101)60-41-82-31-32-83-60)91-72(108)61(42-98)96-71(107)59(38-48-12-7-27-81-39-48)95-70(106)58(36-46-20-24-52(77)25-21-46)94-69(105)57(89-45(4)99)37-47-19-22-49-13-5-6-14-50(49)35-47/h5-7,12-14,19-27,31-32,35,39-41,43-44,53-59,61-62,98H,8-11,15-18,28-30,33-34,36-38,42H2,1-4H3,(H2,78,87)(H,84,100)(H,85,101)(H,88,109)(H,89,99)(H,90,102)(H,91,108)(H,92,104)(H,93,103)(H,94,105)(H,95,106)(H,96,107)(H,111,112)(H4,79,80,86)/t44-,53-,54-,55-,56-,57-,58-,59-,61-,62+/m0/s1. The van der Waals surface area contributed by atoms with Crippen molar-refractivity contribution in [1.29, 1.82) is 0 Å². The van der Waals surface area contributed by atoms with Crippen LogP contribution in [0.3, 0.4) is 0 Å². The summed E-state index contributed by atoms with van der Waals surface area (Å²) in [4.78, 5) is 204. The second kappa shape index (κ2) is 43.8. The molecule has 598 valence electrons. The number of aliphatic carboxylic acids is 1. The van der Waals surface area contributed by atoms with E-state index in [9.17, 15) is 63.0 Å². The number of guanidine groups is 1. The SMILES string of the molecule is CC(=O)N[C@@H](Cc1ccc2ccccc2c1)C(=O)N[C@@H](Cc1ccc(Cl)cc1)C(=O)N[C@@H](Cc1cccnc1)C(=O)N[C@@H](CO)C(=O)N[C@@H](CCCNC(=O)c1cnccn1)C(=O)N[C@@H](CCCNC(=O)c1ccc(N)nc1)C(=O)N[C@@H](CC(C)C)C(=O)N[C@@H](CCCN=C(N)N)C(=O)N1CCC[C@@H]1C(=O)N[C@@H](C)C(=O)O. The summed E-state index contributed by atoms with van der Waals surface area (Å²) in [7, 11) is 0. The molecule has 1 fully saturated rings. The van der Waals surface area contributed by atoms with Gasteiger partial charge in [0.05, 0.1) is 18.4 Å². The fourth-order valence-electron chi connectivity index (χ4n) is 12.2. The number of aromatic nitrogens is 4. The summed E-state index contributed by atoms with van der Waals surface area (Å²) >= 11 is 6.25. The lowest BCUT2D eigenvalue weighted by Gasteiger charge is -2.31. The quantitative estimate of drug-likeness (QED) is 0.0133. The third kappa shape index (κ3) is 28.0. The number of carboxylic acids is 1. The van der Waals surface area contributed by atoms with Gasteiger partial charge in [0.1, 0.15) is 71.9 Å². The molecule has 3 aromatic carbocycles. The zero-order valence-electron chi connectivity index (χ0n) is 62.5. The number of amides is 12. The molecule has 1 saturated heterocycles. The maximum Gasteiger partial charge on any atom is 0.325 e. The summed E-state index contributed by atoms with van der Waals surface area (Å²) in [6.07, 6.45) is 7.41. The molecule has 0 unspecified atom stereocenters. The van der Waals surface area contributed by atoms with Gasteiger partial charge in [0.2, 0.25) is 59.1 Å². The molecule has 4 heterocycles. The molecule has 19 N–H and O–H groups in total. The van der Waals surface area contributed by atoms with Crippen molar-refractivity contribution in [1.82, 2.24) is 83.3 Å². The lowest BCUT2D eigenvalue weighted by Crippen LogP contribution is -2.61. The molecule has 3 aromatic heterocycles. The maximum absolute atomic E-state index is 15.1. The summed E-state index contributed by atoms with van der Waals surface area (Å²) in [6.45, 7) is 4.72. The van der Waals surface area contributed by atoms with E-state index in [0.29, 0.717) is 28.1 Å². The number of nitrogen functional groups attached to an aromatic ring is 1. The van der Waals surface area contributed by atoms with Crippen LogP contribution in [-0.2, 0) is 72.0 Å². The Kier molecular flexibility index (Phi) is 34.0. The predicted molar refractivity (Wildman–Crippen MR) is 412 cm³/mol. The summed E-state index contributed by atoms with van der Waals surface area (Å²) in [5.41, 5.74) is 18.6. The third-order valence-electron chi connectivity index (χ3n) is 18.0. The Morgan fingerprint density at radius 1 is 0.554 bits per heavy atom. The number of nitrogens with one attached hydrogen (secondary N) is 11. The van der Waals surface area contributed by atoms with Crippen molar-refractivity contribution >= 4 is 111 Å². The number of aliphatic hydroxyl groups excluding tert-OH is 1. The highest BCUT2D eigenvalue weighted by molar-refractivity contribution is 6.30. The van der Waals surface area contributed by atoms with E-state index < -0.39 is 144 Å². The number of anilines is 1. The molecule has 12 amide bonds. The summed E-state index contributed by atoms with van der Waals surface area (Å²) in [5, 5.41) is 51.8. The van der Waals surface area contributed by atoms with Gasteiger partial charge in [-0.15, -0.1) is 0 Å². The molecule has 35 nitrogen and oxygen atoms in total. The van der Waals surface area contributed by atoms with Gasteiger partial charge in [0.15, 0.2) is 5.96 Å². The molecule has 0 saturated carbocycles. The molecule has 1 aliphatic heterocycles. The van der Waals surface area contributed by atoms with Crippen LogP contribution in [0.25, 0.3) is 10.8 Å². The van der Waals surface area contributed by atoms with Crippen LogP contribution in [0.1, 0.15) is 123 Å². The number of carboxylic acid groups (broad SMARTS) is 1. The number of aliphatic imine (C=N–C) groups is 1. The summed E-state index contributed by atoms with van der Waals surface area (Å²) < 4.78 is 0. The third-order valence-corrected chi connectivity index (χ3v) is 18.3. The molecule has 0 spiro atoms. The van der Waals surface area contributed by atoms with Crippen molar-refractivity contribution in [3.63, 3.8) is 0 Å². The topological polar surface area (TPSA) is 540 Å². The van der Waals surface area contributed by atoms with E-state index in [-0.39, 0.29) is 126 Å². The van der Waals surface area contributed by atoms with Crippen LogP contribution in [0.4, 0.5) is 5.82 Å². The normalized spacial score (nSPS) is 14.8. The molecular weight excluding hydrogens is 1470 g/mol. The number of benzene rings is 3. The molecule has 6 aromatic rings. The van der Waals surface area contributed by atoms with E-state index in [4.69, 9.17) is 28.8 Å². The van der Waals surface area contributed by atoms with Gasteiger partial charge in [-0.1, -0.05) is 86.1 Å². The second-order valence-corrected chi connectivity index (χ2v) is 27.8. The number of nitrogens with two attached hydrogens (primary N) is 3. The minimum Gasteiger partial charge on any atom is -0.480 e. The van der Waals surface area contributed by atoms with E-state index in [1.54, 1.807) is 50.2 Å². The largest absolute Gasteiger partial charge is 0.480 e. The Balaban J connectivity index is 1.16. The van der Waals surface area contributed by atoms with Crippen molar-refractivity contribution < 1.29 is 72.5 Å². The van der Waals surface area contributed by atoms with Crippen LogP contribution in [0, 0.1) is 5.92 Å². The van der Waals surface area contributed by atoms with Crippen LogP contribution in [0.5, 0.6) is 0 Å². The molecule has 0 aliphatic carbocycles. The average Bonchev–Trinajstić information content (AvgIpc) is 1.52. The lowest BCUT2D eigenvalue weighted by molar-refractivity contribution is -0.144. The van der Waals surface area contributed by atoms with Crippen LogP contribution < -0.4 is 75.7 Å². The van der Waals surface area contributed by atoms with Crippen LogP contribution in [0.15, 0.2) is 133 Å². The van der Waals surface area contributed by atoms with Gasteiger partial charge in [-0.05, 0) is 128 Å². The Morgan fingerprint density at radius 3 is 1.68 bits per heavy atom. The minimum absolute atomic E-state index is 0.0105. The Bertz CT molecular complexity index is 4280. The molecule has 10 atom stereocenters. The predicted octanol–water partition coefficient (Wildman–Crippen LogP) is -0.326. The fourth-order valence-corrected chi connectivity index (χ4v) is 12.4. The molecule has 0 radical (unpaired) electrons. The number of rotatable bonds is 42. The summed E-state index contributed by atoms with van der Waals surface area (Å²) in [5.74, 6) is -11.6. The monoisotopic (exact) mass is 1560 g/mol. The van der Waals surface area contributed by atoms with E-state index in [1.165, 1.54) is 68.1 Å². The van der Waals surface area contributed by atoms with Gasteiger partial charge in [-0.3, -0.25) is 77.3 Å². The molecule has 36 heteroatoms. The van der Waals surface area contributed by atoms with Crippen molar-refractivity contribution in [2.45, 2.75) is 165 Å². The van der Waals surface area contributed by atoms with E-state index >= 15 is 9.59 Å². The van der Waals surface area contributed by atoms with Crippen molar-refractivity contribution in [3.8, 4) is 0 Å². The highest BCUT2D eigenvalue weighted by Gasteiger charge is 2.40. The molecule has 112 heavy (non-hydrogen) atoms. The number of carbonyl (C=O) groups excluding carboxylic acids is 12. The maximum atomic E-state index is 15.1. The number of pyridine rings is 2. The van der Waals surface area contributed by atoms with E-state index in [1.807, 2.05) is 42.5 Å². The van der Waals surface area contributed by atoms with Gasteiger partial charge >= 0.3 is 5.97 Å². The lowest BCUT2D eigenvalue weighted by atomic mass is 9.99. The van der Waals surface area contributed by atoms with E-state index in [0.717, 1.165) is 10.8 Å². The molecular formula is C76H97ClN20O15. The first-order valence-electron chi connectivity index (χ1n) is 36.6. The van der Waals surface area contributed by atoms with Crippen LogP contribution in [0.2, 0.25) is 5.02 Å². The smallest absolute Gasteiger partial charge is 0.325 e. The van der Waals surface area contributed by atoms with Crippen LogP contribution in [-0.4, -0.2) is 211 Å². The van der Waals surface area contributed by atoms with Crippen molar-refractivity contribution in [2.24, 2.45) is 22.4 Å². The number of hydrogen-bond acceptors (Lipinski definition) is 20. The number of nitrogens with zero attached hydrogens (tertiary/aromatic N) is 6. The number of halogens is 1.